The van der Waals surface area contributed by atoms with E-state index in [9.17, 15) is 9.59 Å². The number of hydrogen-bond acceptors (Lipinski definition) is 6. The van der Waals surface area contributed by atoms with Gasteiger partial charge in [-0.25, -0.2) is 0 Å². The Balaban J connectivity index is 0. The van der Waals surface area contributed by atoms with E-state index < -0.39 is 6.99 Å². The van der Waals surface area contributed by atoms with E-state index in [4.69, 9.17) is 41.1 Å². The highest BCUT2D eigenvalue weighted by Gasteiger charge is 2.06. The van der Waals surface area contributed by atoms with Crippen LogP contribution in [0.3, 0.4) is 0 Å². The zero-order chi connectivity index (χ0) is 22.4. The van der Waals surface area contributed by atoms with Gasteiger partial charge < -0.3 is 15.3 Å². The van der Waals surface area contributed by atoms with Gasteiger partial charge in [0.05, 0.1) is 31.4 Å². The van der Waals surface area contributed by atoms with Gasteiger partial charge in [-0.15, -0.1) is 0 Å². The molecule has 0 spiro atoms. The van der Waals surface area contributed by atoms with Crippen molar-refractivity contribution < 1.29 is 24.9 Å². The van der Waals surface area contributed by atoms with Crippen molar-refractivity contribution in [3.05, 3.63) is 51.0 Å². The smallest absolute Gasteiger partial charge is 0.355 e. The number of phenolic OH excluding ortho intramolecular Hbond substituents is 3. The second-order valence-electron chi connectivity index (χ2n) is 4.38. The molecule has 3 unspecified atom stereocenters. The van der Waals surface area contributed by atoms with Crippen molar-refractivity contribution in [2.24, 2.45) is 0 Å². The van der Waals surface area contributed by atoms with Crippen molar-refractivity contribution >= 4 is 73.3 Å². The largest absolute Gasteiger partial charge is 0.508 e. The zero-order valence-corrected chi connectivity index (χ0v) is 18.9. The van der Waals surface area contributed by atoms with E-state index in [1.165, 1.54) is 12.1 Å². The predicted octanol–water partition coefficient (Wildman–Crippen LogP) is 4.71. The number of aryl methyl sites for hydroxylation is 1. The summed E-state index contributed by atoms with van der Waals surface area (Å²) in [5, 5.41) is 27.3. The van der Waals surface area contributed by atoms with Gasteiger partial charge in [0, 0.05) is 6.07 Å². The maximum absolute atomic E-state index is 10.3. The third kappa shape index (κ3) is 9.19. The molecule has 0 amide bonds. The quantitative estimate of drug-likeness (QED) is 0.429. The van der Waals surface area contributed by atoms with Crippen LogP contribution >= 0.6 is 49.0 Å². The summed E-state index contributed by atoms with van der Waals surface area (Å²) in [6, 6.07) is 5.36. The highest BCUT2D eigenvalue weighted by Crippen LogP contribution is 2.29. The summed E-state index contributed by atoms with van der Waals surface area (Å²) in [5.74, 6) is -0.548. The summed E-state index contributed by atoms with van der Waals surface area (Å²) >= 11 is 15.4. The molecule has 26 heavy (non-hydrogen) atoms. The van der Waals surface area contributed by atoms with Crippen molar-refractivity contribution in [3.8, 4) is 17.2 Å². The fraction of sp³-hybridized carbons (Fsp3) is 0.0667. The highest BCUT2D eigenvalue weighted by atomic mass is 35.5. The topological polar surface area (TPSA) is 94.8 Å². The lowest BCUT2D eigenvalue weighted by molar-refractivity contribution is 0.111. The number of carbonyl (C=O) groups excluding carboxylic acids is 2. The molecule has 0 saturated heterocycles. The lowest BCUT2D eigenvalue weighted by Crippen LogP contribution is -1.84. The Hall–Kier alpha value is -0.860. The Morgan fingerprint density at radius 3 is 1.85 bits per heavy atom. The Bertz CT molecular complexity index is 717. The second-order valence-corrected chi connectivity index (χ2v) is 7.94. The van der Waals surface area contributed by atoms with Gasteiger partial charge in [0.15, 0.2) is 31.4 Å². The van der Waals surface area contributed by atoms with Gasteiger partial charge in [-0.2, -0.15) is 9.84 Å². The molecule has 0 saturated carbocycles. The summed E-state index contributed by atoms with van der Waals surface area (Å²) < 4.78 is 12.1. The van der Waals surface area contributed by atoms with Crippen LogP contribution in [0.15, 0.2) is 24.3 Å². The van der Waals surface area contributed by atoms with Crippen LogP contribution in [-0.2, 0) is 11.8 Å². The number of rotatable bonds is 2. The Morgan fingerprint density at radius 1 is 1.12 bits per heavy atom. The Kier molecular flexibility index (Phi) is 12.7. The van der Waals surface area contributed by atoms with Crippen LogP contribution in [0.5, 0.6) is 17.2 Å². The molecule has 0 aliphatic carbocycles. The van der Waals surface area contributed by atoms with Crippen molar-refractivity contribution in [3.63, 3.8) is 0 Å². The number of phenols is 3. The summed E-state index contributed by atoms with van der Waals surface area (Å²) in [6.07, 6.45) is 0.966. The van der Waals surface area contributed by atoms with Gasteiger partial charge in [-0.1, -0.05) is 23.2 Å². The fourth-order valence-electron chi connectivity index (χ4n) is 1.56. The third-order valence-electron chi connectivity index (χ3n) is 2.58. The van der Waals surface area contributed by atoms with Crippen LogP contribution in [-0.4, -0.2) is 30.4 Å². The van der Waals surface area contributed by atoms with E-state index in [-0.39, 0.29) is 38.4 Å². The van der Waals surface area contributed by atoms with Gasteiger partial charge >= 0.3 is 1.28 Å². The van der Waals surface area contributed by atoms with Gasteiger partial charge in [0.25, 0.3) is 0 Å². The zero-order valence-electron chi connectivity index (χ0n) is 15.4. The summed E-state index contributed by atoms with van der Waals surface area (Å²) in [7, 11) is 3.87. The van der Waals surface area contributed by atoms with E-state index >= 15 is 0 Å². The summed E-state index contributed by atoms with van der Waals surface area (Å²) in [4.78, 5) is 20.5. The number of halogens is 2. The van der Waals surface area contributed by atoms with E-state index in [1.54, 1.807) is 22.8 Å². The molecule has 0 fully saturated rings. The van der Waals surface area contributed by atoms with Crippen LogP contribution in [0.1, 0.15) is 26.3 Å². The van der Waals surface area contributed by atoms with Gasteiger partial charge in [0.1, 0.15) is 17.2 Å². The molecule has 3 atom stereocenters. The average Bonchev–Trinajstić information content (AvgIpc) is 2.56. The molecule has 142 valence electrons. The van der Waals surface area contributed by atoms with Crippen molar-refractivity contribution in [1.29, 1.82) is 2.56 Å². The van der Waals surface area contributed by atoms with Gasteiger partial charge in [-0.05, 0) is 30.7 Å². The van der Waals surface area contributed by atoms with Crippen LogP contribution in [0, 0.1) is 6.92 Å². The lowest BCUT2D eigenvalue weighted by Gasteiger charge is -2.00. The van der Waals surface area contributed by atoms with E-state index in [2.05, 4.69) is 20.7 Å². The molecule has 0 bridgehead atoms. The molecule has 0 aromatic heterocycles. The standard InChI is InChI=1S/C8H7ClO2.C7H5ClO3.H2P2S.H3P/c1-5-2-7(9)6(4-10)8(11)3-5;8-6-1-4(10)2-7(11)5(6)3-9;1-2-3;/h2-4,11H,1H3;1-3,10-11H;1H2;1H3/p+1/i;;;1D/hT. The Labute approximate surface area is 175 Å². The molecule has 0 aliphatic heterocycles. The molecule has 2 rings (SSSR count). The molecular formula is C15H18Cl2O5P3S+. The van der Waals surface area contributed by atoms with Crippen LogP contribution < -0.4 is 0 Å². The van der Waals surface area contributed by atoms with Crippen LogP contribution in [0.2, 0.25) is 10.0 Å². The van der Waals surface area contributed by atoms with E-state index in [0.29, 0.717) is 12.6 Å². The molecule has 3 N–H and O–H groups in total. The van der Waals surface area contributed by atoms with Crippen molar-refractivity contribution in [1.82, 2.24) is 0 Å². The Morgan fingerprint density at radius 2 is 1.50 bits per heavy atom. The first-order valence-electron chi connectivity index (χ1n) is 7.37. The molecule has 2 aromatic rings. The number of aromatic hydroxyl groups is 3. The molecule has 0 heterocycles. The van der Waals surface area contributed by atoms with E-state index in [1.807, 2.05) is 0 Å². The molecule has 2 aromatic carbocycles. The molecule has 11 heteroatoms. The molecule has 0 aliphatic rings. The van der Waals surface area contributed by atoms with Crippen molar-refractivity contribution in [2.45, 2.75) is 6.92 Å². The van der Waals surface area contributed by atoms with E-state index in [0.717, 1.165) is 11.6 Å². The normalized spacial score (nSPS) is 10.1. The number of benzene rings is 2. The van der Waals surface area contributed by atoms with Gasteiger partial charge in [-0.3, -0.25) is 9.59 Å². The maximum atomic E-state index is 10.3. The first kappa shape index (κ1) is 23.2. The predicted molar refractivity (Wildman–Crippen MR) is 120 cm³/mol. The molecule has 5 nitrogen and oxygen atoms in total. The summed E-state index contributed by atoms with van der Waals surface area (Å²) in [6.45, 7) is 0.921. The third-order valence-corrected chi connectivity index (χ3v) is 3.21. The average molecular weight is 477 g/mol. The first-order valence-corrected chi connectivity index (χ1v) is 10.6. The molecule has 0 radical (unpaired) electrons. The summed E-state index contributed by atoms with van der Waals surface area (Å²) in [5.41, 5.74) is 0.972. The minimum Gasteiger partial charge on any atom is -0.508 e. The first-order chi connectivity index (χ1) is 13.0. The van der Waals surface area contributed by atoms with Gasteiger partial charge in [0.2, 0.25) is 0 Å². The minimum absolute atomic E-state index is 0.00975. The van der Waals surface area contributed by atoms with Crippen LogP contribution in [0.4, 0.5) is 0 Å². The minimum atomic E-state index is -0.870. The molecular weight excluding hydrogens is 456 g/mol. The lowest BCUT2D eigenvalue weighted by atomic mass is 10.1. The maximum Gasteiger partial charge on any atom is 0.355 e. The highest BCUT2D eigenvalue weighted by molar-refractivity contribution is 8.24. The van der Waals surface area contributed by atoms with Crippen molar-refractivity contribution in [2.75, 3.05) is 0 Å². The van der Waals surface area contributed by atoms with Crippen LogP contribution in [0.25, 0.3) is 0 Å². The number of aldehydes is 2. The number of carbonyl (C=O) groups is 2. The fourth-order valence-corrected chi connectivity index (χ4v) is 2.12. The SMILES string of the molecule is Cc1cc(O)c(C=O)c(Cl)c1.O=Cc1c(O)cc(O)cc1Cl.[2H]P.[3H][P+](P)=S. The second kappa shape index (κ2) is 14.2. The number of hydrogen-bond donors (Lipinski definition) is 3. The monoisotopic (exact) mass is 476 g/mol.